The first-order chi connectivity index (χ1) is 33.8. The van der Waals surface area contributed by atoms with Crippen molar-refractivity contribution in [2.75, 3.05) is 26.2 Å². The van der Waals surface area contributed by atoms with E-state index in [2.05, 4.69) is 26.6 Å². The Morgan fingerprint density at radius 1 is 0.586 bits per heavy atom. The first-order valence-corrected chi connectivity index (χ1v) is 24.6. The molecule has 0 aromatic heterocycles. The van der Waals surface area contributed by atoms with Gasteiger partial charge in [0.05, 0.1) is 24.6 Å². The predicted octanol–water partition coefficient (Wildman–Crippen LogP) is 5.05. The van der Waals surface area contributed by atoms with Gasteiger partial charge in [0, 0.05) is 37.1 Å². The molecule has 0 radical (unpaired) electrons. The molecule has 0 spiro atoms. The second kappa shape index (κ2) is 26.3. The zero-order valence-corrected chi connectivity index (χ0v) is 40.3. The van der Waals surface area contributed by atoms with Crippen molar-refractivity contribution in [3.8, 4) is 0 Å². The minimum Gasteiger partial charge on any atom is -0.396 e. The number of hydrogen-bond donors (Lipinski definition) is 7. The Hall–Kier alpha value is -6.77. The molecular weight excluding hydrogens is 885 g/mol. The Labute approximate surface area is 410 Å². The summed E-state index contributed by atoms with van der Waals surface area (Å²) < 4.78 is 0. The van der Waals surface area contributed by atoms with Gasteiger partial charge >= 0.3 is 0 Å². The van der Waals surface area contributed by atoms with Crippen molar-refractivity contribution >= 4 is 62.6 Å². The number of nitrogens with one attached hydrogen (secondary N) is 5. The van der Waals surface area contributed by atoms with E-state index >= 15 is 0 Å². The van der Waals surface area contributed by atoms with Crippen LogP contribution in [0.2, 0.25) is 0 Å². The molecule has 0 unspecified atom stereocenters. The fraction of sp³-hybridized carbons (Fsp3) is 0.411. The first-order valence-electron chi connectivity index (χ1n) is 24.6. The lowest BCUT2D eigenvalue weighted by molar-refractivity contribution is -0.136. The number of aliphatic hydroxyl groups excluding tert-OH is 1. The summed E-state index contributed by atoms with van der Waals surface area (Å²) in [4.78, 5) is 95.8. The number of carbonyl (C=O) groups is 7. The Bertz CT molecular complexity index is 2600. The summed E-state index contributed by atoms with van der Waals surface area (Å²) in [6.07, 6.45) is 2.11. The maximum absolute atomic E-state index is 14.9. The zero-order valence-electron chi connectivity index (χ0n) is 40.3. The number of ketones is 2. The van der Waals surface area contributed by atoms with Gasteiger partial charge in [-0.3, -0.25) is 33.6 Å². The van der Waals surface area contributed by atoms with Crippen LogP contribution in [0.25, 0.3) is 21.5 Å². The molecule has 1 aliphatic rings. The van der Waals surface area contributed by atoms with E-state index in [1.54, 1.807) is 26.0 Å². The maximum atomic E-state index is 14.9. The molecule has 5 amide bonds. The number of rotatable bonds is 26. The molecule has 5 aromatic rings. The lowest BCUT2D eigenvalue weighted by Gasteiger charge is -2.27. The largest absolute Gasteiger partial charge is 0.396 e. The third-order valence-corrected chi connectivity index (χ3v) is 13.2. The number of piperidine rings is 1. The van der Waals surface area contributed by atoms with Gasteiger partial charge in [0.1, 0.15) is 6.04 Å². The van der Waals surface area contributed by atoms with Gasteiger partial charge in [-0.1, -0.05) is 129 Å². The Morgan fingerprint density at radius 2 is 1.10 bits per heavy atom. The van der Waals surface area contributed by atoms with Crippen LogP contribution in [-0.2, 0) is 52.8 Å². The molecule has 370 valence electrons. The quantitative estimate of drug-likeness (QED) is 0.0368. The van der Waals surface area contributed by atoms with Crippen LogP contribution in [0.3, 0.4) is 0 Å². The summed E-state index contributed by atoms with van der Waals surface area (Å²) in [7, 11) is 0. The number of benzene rings is 5. The van der Waals surface area contributed by atoms with Crippen LogP contribution in [0.15, 0.2) is 115 Å². The second-order valence-corrected chi connectivity index (χ2v) is 18.9. The number of unbranched alkanes of at least 4 members (excludes halogenated alkanes) is 1. The molecule has 5 atom stereocenters. The monoisotopic (exact) mass is 953 g/mol. The van der Waals surface area contributed by atoms with E-state index < -0.39 is 66.5 Å². The SMILES string of the molecule is CC(C)C(=O)NCCCC[C@H](NC(=O)[C@H](CO)CC(=O)[C@H](Cc1ccccc1)NC(=O)[C@H](CC(=O)[C@@H](Cc1ccc2ccccc2c1)NC(=O)C1CCNCC1)Cc1ccc2ccccc2c1)C(N)=O. The van der Waals surface area contributed by atoms with Crippen LogP contribution in [0.5, 0.6) is 0 Å². The van der Waals surface area contributed by atoms with Gasteiger partial charge in [0.2, 0.25) is 29.5 Å². The minimum atomic E-state index is -1.27. The van der Waals surface area contributed by atoms with Crippen LogP contribution in [-0.4, -0.2) is 90.6 Å². The lowest BCUT2D eigenvalue weighted by atomic mass is 9.87. The Kier molecular flexibility index (Phi) is 19.7. The highest BCUT2D eigenvalue weighted by Crippen LogP contribution is 2.24. The normalized spacial score (nSPS) is 15.0. The lowest BCUT2D eigenvalue weighted by Crippen LogP contribution is -2.50. The van der Waals surface area contributed by atoms with Crippen LogP contribution in [0, 0.1) is 23.7 Å². The standard InChI is InChI=1S/C56H68N6O8/c1-36(2)53(67)59-25-11-10-18-47(52(57)66)60-56(70)46(35-63)34-51(65)48(31-37-12-4-3-5-13-37)62-55(69)45(30-38-19-21-40-14-6-8-16-43(40)28-38)33-50(64)49(61-54(68)42-23-26-58-27-24-42)32-39-20-22-41-15-7-9-17-44(41)29-39/h3-9,12-17,19-22,28-29,36,42,45-49,58,63H,10-11,18,23-27,30-35H2,1-2H3,(H2,57,66)(H,59,67)(H,60,70)(H,61,68)(H,62,69)/t45-,46-,47-,48-,49+/m0/s1. The summed E-state index contributed by atoms with van der Waals surface area (Å²) in [5.74, 6) is -5.97. The number of amides is 5. The van der Waals surface area contributed by atoms with E-state index in [1.807, 2.05) is 103 Å². The molecule has 1 saturated heterocycles. The third-order valence-electron chi connectivity index (χ3n) is 13.2. The summed E-state index contributed by atoms with van der Waals surface area (Å²) in [6, 6.07) is 33.4. The molecule has 14 heteroatoms. The van der Waals surface area contributed by atoms with Gasteiger partial charge in [-0.25, -0.2) is 0 Å². The number of fused-ring (bicyclic) bond motifs is 2. The van der Waals surface area contributed by atoms with Crippen molar-refractivity contribution < 1.29 is 38.7 Å². The van der Waals surface area contributed by atoms with Crippen molar-refractivity contribution in [2.24, 2.45) is 29.4 Å². The molecule has 0 bridgehead atoms. The first kappa shape index (κ1) is 52.6. The van der Waals surface area contributed by atoms with Gasteiger partial charge in [0.25, 0.3) is 0 Å². The molecule has 70 heavy (non-hydrogen) atoms. The van der Waals surface area contributed by atoms with Gasteiger partial charge in [-0.15, -0.1) is 0 Å². The summed E-state index contributed by atoms with van der Waals surface area (Å²) >= 11 is 0. The molecule has 6 rings (SSSR count). The molecule has 0 saturated carbocycles. The molecular formula is C56H68N6O8. The highest BCUT2D eigenvalue weighted by molar-refractivity contribution is 5.97. The van der Waals surface area contributed by atoms with Gasteiger partial charge in [-0.2, -0.15) is 0 Å². The van der Waals surface area contributed by atoms with Crippen LogP contribution in [0.4, 0.5) is 0 Å². The number of carbonyl (C=O) groups excluding carboxylic acids is 7. The summed E-state index contributed by atoms with van der Waals surface area (Å²) in [5.41, 5.74) is 8.02. The predicted molar refractivity (Wildman–Crippen MR) is 271 cm³/mol. The summed E-state index contributed by atoms with van der Waals surface area (Å²) in [6.45, 7) is 4.61. The molecule has 8 N–H and O–H groups in total. The molecule has 1 aliphatic heterocycles. The number of nitrogens with two attached hydrogens (primary N) is 1. The highest BCUT2D eigenvalue weighted by atomic mass is 16.3. The molecule has 1 fully saturated rings. The fourth-order valence-corrected chi connectivity index (χ4v) is 8.99. The van der Waals surface area contributed by atoms with E-state index in [0.717, 1.165) is 38.2 Å². The number of aliphatic hydroxyl groups is 1. The van der Waals surface area contributed by atoms with Crippen molar-refractivity contribution in [3.05, 3.63) is 132 Å². The average Bonchev–Trinajstić information content (AvgIpc) is 3.36. The van der Waals surface area contributed by atoms with E-state index in [0.29, 0.717) is 45.3 Å². The van der Waals surface area contributed by atoms with Crippen molar-refractivity contribution in [1.82, 2.24) is 26.6 Å². The Morgan fingerprint density at radius 3 is 1.69 bits per heavy atom. The van der Waals surface area contributed by atoms with Gasteiger partial charge < -0.3 is 37.4 Å². The van der Waals surface area contributed by atoms with E-state index in [1.165, 1.54) is 0 Å². The van der Waals surface area contributed by atoms with Crippen LogP contribution < -0.4 is 32.3 Å². The van der Waals surface area contributed by atoms with Crippen LogP contribution in [0.1, 0.15) is 75.5 Å². The van der Waals surface area contributed by atoms with Crippen LogP contribution >= 0.6 is 0 Å². The second-order valence-electron chi connectivity index (χ2n) is 18.9. The van der Waals surface area contributed by atoms with E-state index in [-0.39, 0.29) is 61.5 Å². The van der Waals surface area contributed by atoms with Gasteiger partial charge in [0.15, 0.2) is 11.6 Å². The maximum Gasteiger partial charge on any atom is 0.239 e. The molecule has 0 aliphatic carbocycles. The zero-order chi connectivity index (χ0) is 50.0. The number of hydrogen-bond acceptors (Lipinski definition) is 9. The third kappa shape index (κ3) is 15.6. The Balaban J connectivity index is 1.23. The summed E-state index contributed by atoms with van der Waals surface area (Å²) in [5, 5.41) is 29.2. The molecule has 14 nitrogen and oxygen atoms in total. The van der Waals surface area contributed by atoms with Crippen molar-refractivity contribution in [3.63, 3.8) is 0 Å². The van der Waals surface area contributed by atoms with E-state index in [4.69, 9.17) is 5.73 Å². The minimum absolute atomic E-state index is 0.0516. The number of Topliss-reactive ketones (excluding diaryl/α,β-unsaturated/α-hetero) is 2. The van der Waals surface area contributed by atoms with Gasteiger partial charge in [-0.05, 0) is 103 Å². The van der Waals surface area contributed by atoms with E-state index in [9.17, 15) is 38.7 Å². The molecule has 5 aromatic carbocycles. The highest BCUT2D eigenvalue weighted by Gasteiger charge is 2.34. The number of primary amides is 1. The fourth-order valence-electron chi connectivity index (χ4n) is 8.99. The average molecular weight is 953 g/mol. The topological polar surface area (TPSA) is 226 Å². The van der Waals surface area contributed by atoms with Crippen molar-refractivity contribution in [1.29, 1.82) is 0 Å². The smallest absolute Gasteiger partial charge is 0.239 e. The van der Waals surface area contributed by atoms with Crippen molar-refractivity contribution in [2.45, 2.75) is 96.2 Å². The molecule has 1 heterocycles.